The number of ether oxygens (including phenoxy) is 1. The Morgan fingerprint density at radius 3 is 2.78 bits per heavy atom. The van der Waals surface area contributed by atoms with Crippen molar-refractivity contribution in [2.75, 3.05) is 18.6 Å². The van der Waals surface area contributed by atoms with E-state index in [0.717, 1.165) is 45.9 Å². The largest absolute Gasteiger partial charge is 0.456 e. The third kappa shape index (κ3) is 7.72. The number of sulfone groups is 1. The van der Waals surface area contributed by atoms with Crippen LogP contribution in [0.3, 0.4) is 0 Å². The molecule has 37 heavy (non-hydrogen) atoms. The molecule has 0 aliphatic heterocycles. The molecule has 10 heteroatoms. The smallest absolute Gasteiger partial charge is 0.236 e. The number of amides is 1. The van der Waals surface area contributed by atoms with Crippen LogP contribution in [0.2, 0.25) is 5.02 Å². The van der Waals surface area contributed by atoms with Crippen LogP contribution in [-0.2, 0) is 21.1 Å². The van der Waals surface area contributed by atoms with Crippen molar-refractivity contribution in [1.29, 1.82) is 0 Å². The van der Waals surface area contributed by atoms with Crippen LogP contribution in [0.5, 0.6) is 11.5 Å². The Bertz CT molecular complexity index is 1490. The van der Waals surface area contributed by atoms with Gasteiger partial charge in [-0.15, -0.1) is 0 Å². The zero-order chi connectivity index (χ0) is 26.4. The Kier molecular flexibility index (Phi) is 8.38. The summed E-state index contributed by atoms with van der Waals surface area (Å²) in [5.41, 5.74) is 4.82. The van der Waals surface area contributed by atoms with Crippen LogP contribution in [0, 0.1) is 6.92 Å². The molecule has 192 valence electrons. The van der Waals surface area contributed by atoms with Gasteiger partial charge < -0.3 is 10.1 Å². The van der Waals surface area contributed by atoms with E-state index in [9.17, 15) is 13.2 Å². The van der Waals surface area contributed by atoms with Gasteiger partial charge in [-0.05, 0) is 43.2 Å². The summed E-state index contributed by atoms with van der Waals surface area (Å²) in [6, 6.07) is 13.4. The number of fused-ring (bicyclic) bond motifs is 1. The van der Waals surface area contributed by atoms with Crippen LogP contribution in [0.15, 0.2) is 66.5 Å². The summed E-state index contributed by atoms with van der Waals surface area (Å²) < 4.78 is 28.5. The van der Waals surface area contributed by atoms with Crippen molar-refractivity contribution in [3.05, 3.63) is 88.4 Å². The van der Waals surface area contributed by atoms with E-state index >= 15 is 0 Å². The highest BCUT2D eigenvalue weighted by Crippen LogP contribution is 2.31. The Balaban J connectivity index is 1.44. The van der Waals surface area contributed by atoms with Crippen LogP contribution in [0.1, 0.15) is 23.2 Å². The quantitative estimate of drug-likeness (QED) is 0.400. The van der Waals surface area contributed by atoms with Crippen LogP contribution in [0.25, 0.3) is 6.08 Å². The predicted molar refractivity (Wildman–Crippen MR) is 144 cm³/mol. The molecule has 0 atom stereocenters. The summed E-state index contributed by atoms with van der Waals surface area (Å²) >= 11 is 6.53. The highest BCUT2D eigenvalue weighted by molar-refractivity contribution is 7.91. The molecule has 1 aliphatic rings. The molecule has 1 aromatic heterocycles. The Labute approximate surface area is 221 Å². The number of nitrogens with one attached hydrogen (secondary N) is 1. The molecule has 8 nitrogen and oxygen atoms in total. The van der Waals surface area contributed by atoms with E-state index in [0.29, 0.717) is 30.2 Å². The number of hydrogen-bond donors (Lipinski definition) is 2. The van der Waals surface area contributed by atoms with Crippen LogP contribution in [0.4, 0.5) is 11.5 Å². The van der Waals surface area contributed by atoms with Gasteiger partial charge in [0.1, 0.15) is 29.3 Å². The van der Waals surface area contributed by atoms with Crippen molar-refractivity contribution in [2.24, 2.45) is 0 Å². The van der Waals surface area contributed by atoms with Crippen molar-refractivity contribution in [3.8, 4) is 11.5 Å². The maximum absolute atomic E-state index is 11.8. The molecule has 4 rings (SSSR count). The van der Waals surface area contributed by atoms with Crippen LogP contribution < -0.4 is 15.4 Å². The monoisotopic (exact) mass is 539 g/mol. The van der Waals surface area contributed by atoms with Crippen molar-refractivity contribution < 1.29 is 23.3 Å². The van der Waals surface area contributed by atoms with E-state index in [-0.39, 0.29) is 0 Å². The Morgan fingerprint density at radius 1 is 1.19 bits per heavy atom. The van der Waals surface area contributed by atoms with Gasteiger partial charge in [0.15, 0.2) is 9.84 Å². The third-order valence-electron chi connectivity index (χ3n) is 5.64. The lowest BCUT2D eigenvalue weighted by Crippen LogP contribution is -2.72. The molecule has 0 bridgehead atoms. The van der Waals surface area contributed by atoms with Crippen molar-refractivity contribution >= 4 is 44.9 Å². The average molecular weight is 540 g/mol. The molecule has 1 amide bonds. The van der Waals surface area contributed by atoms with E-state index in [1.165, 1.54) is 6.33 Å². The predicted octanol–water partition coefficient (Wildman–Crippen LogP) is 3.80. The Morgan fingerprint density at radius 2 is 2.03 bits per heavy atom. The molecule has 0 saturated heterocycles. The molecule has 0 fully saturated rings. The van der Waals surface area contributed by atoms with Gasteiger partial charge in [0, 0.05) is 31.4 Å². The minimum absolute atomic E-state index is 0.341. The molecular formula is C27H28ClN4O4S+. The molecule has 0 saturated carbocycles. The zero-order valence-electron chi connectivity index (χ0n) is 20.6. The second kappa shape index (κ2) is 11.7. The van der Waals surface area contributed by atoms with Gasteiger partial charge in [-0.25, -0.2) is 13.4 Å². The number of aryl methyl sites for hydroxylation is 1. The summed E-state index contributed by atoms with van der Waals surface area (Å²) in [7, 11) is -3.36. The van der Waals surface area contributed by atoms with Gasteiger partial charge in [0.05, 0.1) is 16.3 Å². The lowest BCUT2D eigenvalue weighted by atomic mass is 10.0. The molecule has 1 heterocycles. The maximum atomic E-state index is 11.8. The zero-order valence-corrected chi connectivity index (χ0v) is 22.1. The molecule has 3 aromatic rings. The maximum Gasteiger partial charge on any atom is 0.236 e. The third-order valence-corrected chi connectivity index (χ3v) is 6.72. The number of nitrogens with two attached hydrogens (primary N) is 1. The lowest BCUT2D eigenvalue weighted by molar-refractivity contribution is -0.483. The van der Waals surface area contributed by atoms with E-state index in [1.54, 1.807) is 0 Å². The fourth-order valence-corrected chi connectivity index (χ4v) is 4.73. The summed E-state index contributed by atoms with van der Waals surface area (Å²) in [5, 5.41) is 5.11. The topological polar surface area (TPSA) is 115 Å². The van der Waals surface area contributed by atoms with Gasteiger partial charge in [0.25, 0.3) is 0 Å². The van der Waals surface area contributed by atoms with Crippen LogP contribution >= 0.6 is 11.6 Å². The normalized spacial score (nSPS) is 12.9. The van der Waals surface area contributed by atoms with Crippen molar-refractivity contribution in [2.45, 2.75) is 19.8 Å². The number of nitrogens with zero attached hydrogens (tertiary/aromatic N) is 2. The molecule has 2 aromatic carbocycles. The van der Waals surface area contributed by atoms with Crippen LogP contribution in [-0.4, -0.2) is 42.8 Å². The van der Waals surface area contributed by atoms with Crippen molar-refractivity contribution in [1.82, 2.24) is 15.3 Å². The highest BCUT2D eigenvalue weighted by Gasteiger charge is 2.19. The molecular weight excluding hydrogens is 512 g/mol. The molecule has 0 radical (unpaired) electrons. The molecule has 3 N–H and O–H groups in total. The molecule has 0 spiro atoms. The minimum atomic E-state index is -3.36. The van der Waals surface area contributed by atoms with E-state index in [4.69, 9.17) is 16.3 Å². The number of hydrogen-bond acceptors (Lipinski definition) is 6. The fourth-order valence-electron chi connectivity index (χ4n) is 3.93. The summed E-state index contributed by atoms with van der Waals surface area (Å²) in [6.45, 7) is 2.34. The fraction of sp³-hybridized carbons (Fsp3) is 0.222. The lowest BCUT2D eigenvalue weighted by Gasteiger charge is -2.12. The van der Waals surface area contributed by atoms with Gasteiger partial charge in [0.2, 0.25) is 11.7 Å². The minimum Gasteiger partial charge on any atom is -0.456 e. The standard InChI is InChI=1S/C27H27ClN4O4S/c1-18-5-3-7-21(13-18)36-25-10-9-20(15-23(25)28)32-27-22-14-19(6-4-8-24(22)30-17-31-27)11-12-29-26(33)16-37(2,34)35/h3-10,13,15,17H,11-12,14,16H2,1-2H3,(H,29,33)(H,30,31,32)/p+1. The first kappa shape index (κ1) is 26.5. The number of aromatic nitrogens is 2. The average Bonchev–Trinajstić information content (AvgIpc) is 3.02. The van der Waals surface area contributed by atoms with Gasteiger partial charge >= 0.3 is 0 Å². The van der Waals surface area contributed by atoms with Gasteiger partial charge in [-0.3, -0.25) is 10.1 Å². The SMILES string of the molecule is Cc1cccc(Oc2ccc([NH2+]c3ncnc4c3CC(CCNC(=O)CS(C)(=O)=O)=CC=C4)cc2Cl)c1. The number of quaternary nitrogens is 1. The van der Waals surface area contributed by atoms with Crippen molar-refractivity contribution in [3.63, 3.8) is 0 Å². The van der Waals surface area contributed by atoms with Gasteiger partial charge in [-0.1, -0.05) is 41.5 Å². The number of rotatable bonds is 9. The number of carbonyl (C=O) groups excluding carboxylic acids is 1. The first-order valence-corrected chi connectivity index (χ1v) is 14.1. The second-order valence-corrected chi connectivity index (χ2v) is 11.5. The first-order valence-electron chi connectivity index (χ1n) is 11.7. The van der Waals surface area contributed by atoms with Gasteiger partial charge in [-0.2, -0.15) is 4.98 Å². The number of allylic oxidation sites excluding steroid dienone is 2. The number of halogens is 1. The van der Waals surface area contributed by atoms with E-state index in [2.05, 4.69) is 15.3 Å². The van der Waals surface area contributed by atoms with E-state index < -0.39 is 21.5 Å². The molecule has 1 aliphatic carbocycles. The summed E-state index contributed by atoms with van der Waals surface area (Å²) in [5.74, 6) is 1.04. The molecule has 0 unspecified atom stereocenters. The Hall–Kier alpha value is -3.53. The highest BCUT2D eigenvalue weighted by atomic mass is 35.5. The number of carbonyl (C=O) groups is 1. The second-order valence-electron chi connectivity index (χ2n) is 8.91. The first-order chi connectivity index (χ1) is 17.7. The van der Waals surface area contributed by atoms with E-state index in [1.807, 2.05) is 72.9 Å². The summed E-state index contributed by atoms with van der Waals surface area (Å²) in [6.07, 6.45) is 9.58. The summed E-state index contributed by atoms with van der Waals surface area (Å²) in [4.78, 5) is 20.7. The number of benzene rings is 2.